The molecule has 0 fully saturated rings. The van der Waals surface area contributed by atoms with Crippen LogP contribution in [-0.4, -0.2) is 27.9 Å². The van der Waals surface area contributed by atoms with Gasteiger partial charge in [-0.15, -0.1) is 10.2 Å². The first kappa shape index (κ1) is 17.7. The van der Waals surface area contributed by atoms with E-state index in [9.17, 15) is 4.79 Å². The maximum atomic E-state index is 11.8. The Morgan fingerprint density at radius 2 is 2.13 bits per heavy atom. The van der Waals surface area contributed by atoms with E-state index >= 15 is 0 Å². The third-order valence-corrected chi connectivity index (χ3v) is 5.35. The van der Waals surface area contributed by atoms with Crippen molar-refractivity contribution in [1.82, 2.24) is 15.5 Å². The van der Waals surface area contributed by atoms with Crippen LogP contribution >= 0.6 is 23.1 Å². The highest BCUT2D eigenvalue weighted by molar-refractivity contribution is 8.01. The Morgan fingerprint density at radius 1 is 1.35 bits per heavy atom. The molecule has 1 atom stereocenters. The van der Waals surface area contributed by atoms with Crippen molar-refractivity contribution in [2.45, 2.75) is 44.5 Å². The Kier molecular flexibility index (Phi) is 6.41. The summed E-state index contributed by atoms with van der Waals surface area (Å²) in [5, 5.41) is 15.2. The molecular weight excluding hydrogens is 328 g/mol. The van der Waals surface area contributed by atoms with Gasteiger partial charge in [0.1, 0.15) is 0 Å². The number of anilines is 2. The molecule has 7 heteroatoms. The van der Waals surface area contributed by atoms with E-state index in [0.29, 0.717) is 5.75 Å². The van der Waals surface area contributed by atoms with E-state index in [4.69, 9.17) is 0 Å². The van der Waals surface area contributed by atoms with Gasteiger partial charge in [0.15, 0.2) is 4.34 Å². The van der Waals surface area contributed by atoms with E-state index in [0.717, 1.165) is 21.6 Å². The summed E-state index contributed by atoms with van der Waals surface area (Å²) in [6.45, 7) is 8.18. The number of rotatable bonds is 7. The second kappa shape index (κ2) is 8.31. The molecule has 23 heavy (non-hydrogen) atoms. The van der Waals surface area contributed by atoms with Crippen molar-refractivity contribution in [3.8, 4) is 0 Å². The zero-order valence-electron chi connectivity index (χ0n) is 13.8. The number of nitrogens with one attached hydrogen (secondary N) is 2. The first-order valence-corrected chi connectivity index (χ1v) is 9.38. The molecule has 0 spiro atoms. The molecule has 0 radical (unpaired) electrons. The highest BCUT2D eigenvalue weighted by atomic mass is 32.2. The fourth-order valence-electron chi connectivity index (χ4n) is 1.93. The van der Waals surface area contributed by atoms with Crippen LogP contribution in [-0.2, 0) is 4.79 Å². The Bertz CT molecular complexity index is 672. The van der Waals surface area contributed by atoms with Crippen molar-refractivity contribution in [1.29, 1.82) is 0 Å². The Hall–Kier alpha value is -1.60. The predicted molar refractivity (Wildman–Crippen MR) is 97.7 cm³/mol. The molecule has 0 aliphatic rings. The van der Waals surface area contributed by atoms with Crippen LogP contribution < -0.4 is 10.6 Å². The highest BCUT2D eigenvalue weighted by Gasteiger charge is 2.10. The maximum absolute atomic E-state index is 11.8. The zero-order chi connectivity index (χ0) is 16.8. The lowest BCUT2D eigenvalue weighted by atomic mass is 10.1. The van der Waals surface area contributed by atoms with Crippen molar-refractivity contribution in [3.63, 3.8) is 0 Å². The van der Waals surface area contributed by atoms with E-state index in [-0.39, 0.29) is 11.9 Å². The number of hydrogen-bond acceptors (Lipinski definition) is 6. The summed E-state index contributed by atoms with van der Waals surface area (Å²) >= 11 is 2.87. The minimum absolute atomic E-state index is 0.0310. The summed E-state index contributed by atoms with van der Waals surface area (Å²) in [7, 11) is 0. The van der Waals surface area contributed by atoms with Crippen LogP contribution in [0.15, 0.2) is 22.5 Å². The van der Waals surface area contributed by atoms with Gasteiger partial charge in [0.05, 0.1) is 5.75 Å². The second-order valence-electron chi connectivity index (χ2n) is 5.48. The Labute approximate surface area is 145 Å². The van der Waals surface area contributed by atoms with Gasteiger partial charge in [-0.25, -0.2) is 0 Å². The molecule has 1 aromatic heterocycles. The molecule has 2 N–H and O–H groups in total. The van der Waals surface area contributed by atoms with Crippen LogP contribution in [0.1, 0.15) is 31.4 Å². The average Bonchev–Trinajstić information content (AvgIpc) is 2.95. The summed E-state index contributed by atoms with van der Waals surface area (Å²) in [4.78, 5) is 11.8. The zero-order valence-corrected chi connectivity index (χ0v) is 15.5. The molecule has 2 aromatic rings. The van der Waals surface area contributed by atoms with Gasteiger partial charge in [-0.05, 0) is 38.8 Å². The van der Waals surface area contributed by atoms with E-state index < -0.39 is 0 Å². The summed E-state index contributed by atoms with van der Waals surface area (Å²) in [5.41, 5.74) is 3.43. The fraction of sp³-hybridized carbons (Fsp3) is 0.438. The molecule has 0 saturated carbocycles. The van der Waals surface area contributed by atoms with Gasteiger partial charge in [-0.2, -0.15) is 0 Å². The molecule has 5 nitrogen and oxygen atoms in total. The molecular formula is C16H22N4OS2. The van der Waals surface area contributed by atoms with Gasteiger partial charge in [0, 0.05) is 11.7 Å². The van der Waals surface area contributed by atoms with Gasteiger partial charge in [0.25, 0.3) is 0 Å². The molecule has 0 saturated heterocycles. The van der Waals surface area contributed by atoms with Gasteiger partial charge < -0.3 is 10.6 Å². The minimum atomic E-state index is 0.0310. The summed E-state index contributed by atoms with van der Waals surface area (Å²) in [6.07, 6.45) is 0.930. The third kappa shape index (κ3) is 5.51. The molecule has 2 rings (SSSR count). The highest BCUT2D eigenvalue weighted by Crippen LogP contribution is 2.28. The number of benzene rings is 1. The minimum Gasteiger partial charge on any atom is -0.353 e. The lowest BCUT2D eigenvalue weighted by Gasteiger charge is -2.10. The number of thioether (sulfide) groups is 1. The normalized spacial score (nSPS) is 12.0. The van der Waals surface area contributed by atoms with Crippen molar-refractivity contribution in [3.05, 3.63) is 29.3 Å². The van der Waals surface area contributed by atoms with E-state index in [1.807, 2.05) is 19.9 Å². The van der Waals surface area contributed by atoms with Crippen LogP contribution in [0, 0.1) is 13.8 Å². The van der Waals surface area contributed by atoms with Gasteiger partial charge in [-0.1, -0.05) is 47.7 Å². The lowest BCUT2D eigenvalue weighted by Crippen LogP contribution is -2.33. The summed E-state index contributed by atoms with van der Waals surface area (Å²) < 4.78 is 0.788. The smallest absolute Gasteiger partial charge is 0.230 e. The standard InChI is InChI=1S/C16H22N4OS2/c1-5-12(4)17-14(21)9-22-16-20-19-15(23-16)18-13-7-6-10(2)8-11(13)3/h6-8,12H,5,9H2,1-4H3,(H,17,21)(H,18,19)/t12-/m1/s1. The van der Waals surface area contributed by atoms with Crippen LogP contribution in [0.3, 0.4) is 0 Å². The SMILES string of the molecule is CC[C@@H](C)NC(=O)CSc1nnc(Nc2ccc(C)cc2C)s1. The average molecular weight is 351 g/mol. The second-order valence-corrected chi connectivity index (χ2v) is 7.68. The van der Waals surface area contributed by atoms with Gasteiger partial charge in [0.2, 0.25) is 11.0 Å². The molecule has 124 valence electrons. The number of carbonyl (C=O) groups is 1. The molecule has 0 aliphatic carbocycles. The third-order valence-electron chi connectivity index (χ3n) is 3.38. The Balaban J connectivity index is 1.89. The predicted octanol–water partition coefficient (Wildman–Crippen LogP) is 3.91. The van der Waals surface area contributed by atoms with Crippen LogP contribution in [0.5, 0.6) is 0 Å². The van der Waals surface area contributed by atoms with Crippen LogP contribution in [0.2, 0.25) is 0 Å². The number of carbonyl (C=O) groups excluding carboxylic acids is 1. The summed E-state index contributed by atoms with van der Waals surface area (Å²) in [5.74, 6) is 0.395. The Morgan fingerprint density at radius 3 is 2.83 bits per heavy atom. The molecule has 1 aromatic carbocycles. The number of nitrogens with zero attached hydrogens (tertiary/aromatic N) is 2. The fourth-order valence-corrected chi connectivity index (χ4v) is 3.51. The van der Waals surface area contributed by atoms with E-state index in [1.165, 1.54) is 34.2 Å². The molecule has 0 unspecified atom stereocenters. The van der Waals surface area contributed by atoms with Gasteiger partial charge >= 0.3 is 0 Å². The monoisotopic (exact) mass is 350 g/mol. The number of aromatic nitrogens is 2. The maximum Gasteiger partial charge on any atom is 0.230 e. The molecule has 0 bridgehead atoms. The van der Waals surface area contributed by atoms with E-state index in [1.54, 1.807) is 0 Å². The van der Waals surface area contributed by atoms with E-state index in [2.05, 4.69) is 46.8 Å². The lowest BCUT2D eigenvalue weighted by molar-refractivity contribution is -0.119. The first-order chi connectivity index (χ1) is 11.0. The molecule has 0 aliphatic heterocycles. The first-order valence-electron chi connectivity index (χ1n) is 7.58. The number of hydrogen-bond donors (Lipinski definition) is 2. The summed E-state index contributed by atoms with van der Waals surface area (Å²) in [6, 6.07) is 6.43. The van der Waals surface area contributed by atoms with Crippen molar-refractivity contribution in [2.24, 2.45) is 0 Å². The topological polar surface area (TPSA) is 66.9 Å². The van der Waals surface area contributed by atoms with Crippen LogP contribution in [0.25, 0.3) is 0 Å². The van der Waals surface area contributed by atoms with Crippen molar-refractivity contribution in [2.75, 3.05) is 11.1 Å². The number of amides is 1. The van der Waals surface area contributed by atoms with Crippen LogP contribution in [0.4, 0.5) is 10.8 Å². The largest absolute Gasteiger partial charge is 0.353 e. The molecule has 1 heterocycles. The quantitative estimate of drug-likeness (QED) is 0.741. The van der Waals surface area contributed by atoms with Crippen molar-refractivity contribution < 1.29 is 4.79 Å². The van der Waals surface area contributed by atoms with Crippen molar-refractivity contribution >= 4 is 39.8 Å². The van der Waals surface area contributed by atoms with Gasteiger partial charge in [-0.3, -0.25) is 4.79 Å². The number of aryl methyl sites for hydroxylation is 2. The molecule has 1 amide bonds.